The summed E-state index contributed by atoms with van der Waals surface area (Å²) in [6, 6.07) is 0. The van der Waals surface area contributed by atoms with Gasteiger partial charge >= 0.3 is 0 Å². The molecule has 0 amide bonds. The highest BCUT2D eigenvalue weighted by Gasteiger charge is 2.20. The summed E-state index contributed by atoms with van der Waals surface area (Å²) in [7, 11) is 2.11. The smallest absolute Gasteiger partial charge is 0.226 e. The first-order chi connectivity index (χ1) is 8.65. The van der Waals surface area contributed by atoms with Gasteiger partial charge in [-0.1, -0.05) is 12.7 Å². The van der Waals surface area contributed by atoms with Crippen molar-refractivity contribution in [2.45, 2.75) is 0 Å². The maximum Gasteiger partial charge on any atom is 0.226 e. The fourth-order valence-corrected chi connectivity index (χ4v) is 2.14. The van der Waals surface area contributed by atoms with Crippen LogP contribution in [0.1, 0.15) is 5.56 Å². The summed E-state index contributed by atoms with van der Waals surface area (Å²) in [6.07, 6.45) is 1.70. The SMILES string of the molecule is C=Cc1c(N=C)nc(Cl)nc1N1CCN(C)CC1. The fourth-order valence-electron chi connectivity index (χ4n) is 1.98. The molecular formula is C12H16ClN5. The number of anilines is 1. The van der Waals surface area contributed by atoms with Crippen LogP contribution < -0.4 is 4.90 Å². The van der Waals surface area contributed by atoms with Crippen LogP contribution in [0.2, 0.25) is 5.28 Å². The van der Waals surface area contributed by atoms with E-state index in [0.29, 0.717) is 5.82 Å². The van der Waals surface area contributed by atoms with Gasteiger partial charge in [-0.3, -0.25) is 0 Å². The van der Waals surface area contributed by atoms with E-state index in [0.717, 1.165) is 37.6 Å². The van der Waals surface area contributed by atoms with Gasteiger partial charge in [-0.15, -0.1) is 0 Å². The first-order valence-electron chi connectivity index (χ1n) is 5.76. The number of halogens is 1. The number of hydrogen-bond acceptors (Lipinski definition) is 5. The number of aromatic nitrogens is 2. The molecule has 96 valence electrons. The lowest BCUT2D eigenvalue weighted by atomic mass is 10.2. The lowest BCUT2D eigenvalue weighted by Crippen LogP contribution is -2.45. The second kappa shape index (κ2) is 5.46. The summed E-state index contributed by atoms with van der Waals surface area (Å²) in [5, 5.41) is 0.192. The topological polar surface area (TPSA) is 44.6 Å². The Morgan fingerprint density at radius 3 is 2.50 bits per heavy atom. The van der Waals surface area contributed by atoms with Gasteiger partial charge < -0.3 is 9.80 Å². The lowest BCUT2D eigenvalue weighted by molar-refractivity contribution is 0.312. The van der Waals surface area contributed by atoms with Crippen molar-refractivity contribution in [2.75, 3.05) is 38.1 Å². The van der Waals surface area contributed by atoms with Gasteiger partial charge in [-0.25, -0.2) is 4.99 Å². The molecule has 0 spiro atoms. The van der Waals surface area contributed by atoms with Crippen LogP contribution in [0.3, 0.4) is 0 Å². The molecule has 1 saturated heterocycles. The molecule has 2 heterocycles. The van der Waals surface area contributed by atoms with E-state index in [-0.39, 0.29) is 5.28 Å². The van der Waals surface area contributed by atoms with Crippen molar-refractivity contribution in [3.63, 3.8) is 0 Å². The van der Waals surface area contributed by atoms with E-state index >= 15 is 0 Å². The van der Waals surface area contributed by atoms with E-state index in [9.17, 15) is 0 Å². The minimum Gasteiger partial charge on any atom is -0.353 e. The maximum absolute atomic E-state index is 5.92. The Morgan fingerprint density at radius 1 is 1.28 bits per heavy atom. The van der Waals surface area contributed by atoms with Crippen molar-refractivity contribution in [1.29, 1.82) is 0 Å². The second-order valence-electron chi connectivity index (χ2n) is 4.21. The second-order valence-corrected chi connectivity index (χ2v) is 4.54. The number of nitrogens with zero attached hydrogens (tertiary/aromatic N) is 5. The van der Waals surface area contributed by atoms with Crippen molar-refractivity contribution in [2.24, 2.45) is 4.99 Å². The molecule has 5 nitrogen and oxygen atoms in total. The number of likely N-dealkylation sites (N-methyl/N-ethyl adjacent to an activating group) is 1. The van der Waals surface area contributed by atoms with E-state index in [2.05, 4.69) is 45.1 Å². The Kier molecular flexibility index (Phi) is 3.93. The highest BCUT2D eigenvalue weighted by atomic mass is 35.5. The lowest BCUT2D eigenvalue weighted by Gasteiger charge is -2.34. The molecule has 0 radical (unpaired) electrons. The van der Waals surface area contributed by atoms with Crippen molar-refractivity contribution < 1.29 is 0 Å². The minimum absolute atomic E-state index is 0.192. The number of rotatable bonds is 3. The van der Waals surface area contributed by atoms with Gasteiger partial charge in [0.1, 0.15) is 5.82 Å². The van der Waals surface area contributed by atoms with Crippen LogP contribution in [0.4, 0.5) is 11.6 Å². The Morgan fingerprint density at radius 2 is 1.94 bits per heavy atom. The third-order valence-electron chi connectivity index (χ3n) is 3.03. The van der Waals surface area contributed by atoms with Crippen LogP contribution in [-0.4, -0.2) is 54.8 Å². The Bertz CT molecular complexity index is 466. The van der Waals surface area contributed by atoms with Crippen molar-refractivity contribution >= 4 is 36.0 Å². The van der Waals surface area contributed by atoms with Gasteiger partial charge in [0.25, 0.3) is 0 Å². The van der Waals surface area contributed by atoms with Gasteiger partial charge in [0.15, 0.2) is 5.82 Å². The van der Waals surface area contributed by atoms with Gasteiger partial charge in [0.05, 0.1) is 5.56 Å². The monoisotopic (exact) mass is 265 g/mol. The molecule has 1 aromatic heterocycles. The number of aliphatic imine (C=N–C) groups is 1. The molecular weight excluding hydrogens is 250 g/mol. The molecule has 1 aliphatic heterocycles. The van der Waals surface area contributed by atoms with Crippen LogP contribution in [0.25, 0.3) is 6.08 Å². The molecule has 1 aliphatic rings. The largest absolute Gasteiger partial charge is 0.353 e. The molecule has 0 saturated carbocycles. The molecule has 0 atom stereocenters. The zero-order valence-corrected chi connectivity index (χ0v) is 11.2. The third kappa shape index (κ3) is 2.52. The summed E-state index contributed by atoms with van der Waals surface area (Å²) >= 11 is 5.92. The summed E-state index contributed by atoms with van der Waals surface area (Å²) in [6.45, 7) is 11.1. The van der Waals surface area contributed by atoms with Crippen LogP contribution in [-0.2, 0) is 0 Å². The summed E-state index contributed by atoms with van der Waals surface area (Å²) in [4.78, 5) is 16.7. The standard InChI is InChI=1S/C12H16ClN5/c1-4-9-10(14-2)15-12(13)16-11(9)18-7-5-17(3)6-8-18/h4H,1-2,5-8H2,3H3. The number of piperazine rings is 1. The van der Waals surface area contributed by atoms with Crippen LogP contribution in [0, 0.1) is 0 Å². The summed E-state index contributed by atoms with van der Waals surface area (Å²) in [5.74, 6) is 1.28. The summed E-state index contributed by atoms with van der Waals surface area (Å²) in [5.41, 5.74) is 0.791. The predicted octanol–water partition coefficient (Wildman–Crippen LogP) is 1.86. The highest BCUT2D eigenvalue weighted by molar-refractivity contribution is 6.28. The van der Waals surface area contributed by atoms with E-state index in [1.54, 1.807) is 6.08 Å². The normalized spacial score (nSPS) is 16.7. The van der Waals surface area contributed by atoms with Gasteiger partial charge in [0.2, 0.25) is 5.28 Å². The van der Waals surface area contributed by atoms with E-state index in [1.807, 2.05) is 0 Å². The Labute approximate surface area is 112 Å². The van der Waals surface area contributed by atoms with Crippen LogP contribution in [0.5, 0.6) is 0 Å². The van der Waals surface area contributed by atoms with E-state index in [4.69, 9.17) is 11.6 Å². The van der Waals surface area contributed by atoms with Crippen molar-refractivity contribution in [3.8, 4) is 0 Å². The fraction of sp³-hybridized carbons (Fsp3) is 0.417. The predicted molar refractivity (Wildman–Crippen MR) is 76.1 cm³/mol. The molecule has 0 aromatic carbocycles. The highest BCUT2D eigenvalue weighted by Crippen LogP contribution is 2.29. The Hall–Kier alpha value is -1.46. The summed E-state index contributed by atoms with van der Waals surface area (Å²) < 4.78 is 0. The molecule has 0 bridgehead atoms. The average molecular weight is 266 g/mol. The quantitative estimate of drug-likeness (QED) is 0.618. The van der Waals surface area contributed by atoms with E-state index < -0.39 is 0 Å². The molecule has 1 aromatic rings. The molecule has 2 rings (SSSR count). The minimum atomic E-state index is 0.192. The third-order valence-corrected chi connectivity index (χ3v) is 3.20. The number of hydrogen-bond donors (Lipinski definition) is 0. The van der Waals surface area contributed by atoms with Crippen LogP contribution >= 0.6 is 11.6 Å². The average Bonchev–Trinajstić information content (AvgIpc) is 2.38. The molecule has 18 heavy (non-hydrogen) atoms. The van der Waals surface area contributed by atoms with Gasteiger partial charge in [-0.05, 0) is 25.4 Å². The Balaban J connectivity index is 2.39. The van der Waals surface area contributed by atoms with Crippen molar-refractivity contribution in [1.82, 2.24) is 14.9 Å². The molecule has 1 fully saturated rings. The molecule has 0 N–H and O–H groups in total. The zero-order chi connectivity index (χ0) is 13.1. The molecule has 0 aliphatic carbocycles. The van der Waals surface area contributed by atoms with Gasteiger partial charge in [0, 0.05) is 26.2 Å². The molecule has 0 unspecified atom stereocenters. The first kappa shape index (κ1) is 13.0. The van der Waals surface area contributed by atoms with Crippen molar-refractivity contribution in [3.05, 3.63) is 17.4 Å². The zero-order valence-electron chi connectivity index (χ0n) is 10.4. The molecule has 6 heteroatoms. The van der Waals surface area contributed by atoms with E-state index in [1.165, 1.54) is 0 Å². The van der Waals surface area contributed by atoms with Gasteiger partial charge in [-0.2, -0.15) is 9.97 Å². The first-order valence-corrected chi connectivity index (χ1v) is 6.13. The van der Waals surface area contributed by atoms with Crippen LogP contribution in [0.15, 0.2) is 11.6 Å². The maximum atomic E-state index is 5.92.